The fourth-order valence-electron chi connectivity index (χ4n) is 3.56. The normalized spacial score (nSPS) is 10.7. The maximum atomic E-state index is 13.2. The van der Waals surface area contributed by atoms with Crippen molar-refractivity contribution in [3.63, 3.8) is 0 Å². The molecule has 1 heterocycles. The highest BCUT2D eigenvalue weighted by molar-refractivity contribution is 6.09. The number of carbonyl (C=O) groups excluding carboxylic acids is 1. The number of esters is 1. The van der Waals surface area contributed by atoms with Crippen LogP contribution in [0.25, 0.3) is 10.9 Å². The van der Waals surface area contributed by atoms with Crippen molar-refractivity contribution in [1.82, 2.24) is 4.98 Å². The number of aromatic nitrogens is 1. The Hall–Kier alpha value is -4.26. The summed E-state index contributed by atoms with van der Waals surface area (Å²) in [6.07, 6.45) is 2.02. The van der Waals surface area contributed by atoms with Gasteiger partial charge >= 0.3 is 11.9 Å². The van der Waals surface area contributed by atoms with E-state index in [4.69, 9.17) is 9.47 Å². The van der Waals surface area contributed by atoms with Gasteiger partial charge in [0, 0.05) is 11.6 Å². The summed E-state index contributed by atoms with van der Waals surface area (Å²) in [5, 5.41) is 10.1. The fraction of sp³-hybridized carbons (Fsp3) is 0.115. The number of aromatic carboxylic acids is 1. The molecule has 0 fully saturated rings. The zero-order chi connectivity index (χ0) is 23.4. The van der Waals surface area contributed by atoms with Crippen LogP contribution in [0.15, 0.2) is 72.9 Å². The molecule has 4 aromatic rings. The first-order chi connectivity index (χ1) is 16.0. The average molecular weight is 445 g/mol. The van der Waals surface area contributed by atoms with E-state index in [1.807, 2.05) is 30.3 Å². The fourth-order valence-corrected chi connectivity index (χ4v) is 3.56. The van der Waals surface area contributed by atoms with Gasteiger partial charge in [0.05, 0.1) is 12.7 Å². The van der Waals surface area contributed by atoms with Crippen LogP contribution in [0.1, 0.15) is 37.4 Å². The number of ether oxygens (including phenoxy) is 2. The third-order valence-electron chi connectivity index (χ3n) is 5.17. The van der Waals surface area contributed by atoms with E-state index in [0.717, 1.165) is 16.7 Å². The third kappa shape index (κ3) is 4.82. The van der Waals surface area contributed by atoms with Crippen molar-refractivity contribution >= 4 is 22.8 Å². The lowest BCUT2D eigenvalue weighted by atomic mass is 9.99. The summed E-state index contributed by atoms with van der Waals surface area (Å²) in [7, 11) is 1.22. The number of rotatable bonds is 7. The maximum absolute atomic E-state index is 13.2. The number of nitrogens with zero attached hydrogens (tertiary/aromatic N) is 1. The van der Waals surface area contributed by atoms with Gasteiger partial charge in [0.15, 0.2) is 5.75 Å². The minimum atomic E-state index is -1.21. The van der Waals surface area contributed by atoms with Gasteiger partial charge in [0.25, 0.3) is 0 Å². The zero-order valence-corrected chi connectivity index (χ0v) is 17.7. The Labute approximate surface area is 189 Å². The molecule has 0 saturated heterocycles. The summed E-state index contributed by atoms with van der Waals surface area (Å²) in [4.78, 5) is 28.9. The van der Waals surface area contributed by atoms with Crippen LogP contribution in [0.4, 0.5) is 4.39 Å². The summed E-state index contributed by atoms with van der Waals surface area (Å²) in [5.74, 6) is -2.11. The minimum absolute atomic E-state index is 0.0166. The molecule has 6 nitrogen and oxygen atoms in total. The van der Waals surface area contributed by atoms with Crippen LogP contribution in [0.5, 0.6) is 5.75 Å². The number of halogens is 1. The van der Waals surface area contributed by atoms with Crippen LogP contribution in [-0.2, 0) is 17.8 Å². The number of hydrogen-bond acceptors (Lipinski definition) is 5. The SMILES string of the molecule is COC(=O)c1cc(C(=O)O)c2cc(Cc3ccc(F)cc3)cnc2c1OCc1ccccc1. The van der Waals surface area contributed by atoms with E-state index < -0.39 is 11.9 Å². The molecule has 0 amide bonds. The zero-order valence-electron chi connectivity index (χ0n) is 17.7. The van der Waals surface area contributed by atoms with Gasteiger partial charge in [-0.25, -0.2) is 14.0 Å². The molecular formula is C26H20FNO5. The Morgan fingerprint density at radius 1 is 0.939 bits per heavy atom. The molecule has 0 aliphatic rings. The second-order valence-electron chi connectivity index (χ2n) is 7.41. The first-order valence-electron chi connectivity index (χ1n) is 10.1. The van der Waals surface area contributed by atoms with Gasteiger partial charge in [-0.15, -0.1) is 0 Å². The van der Waals surface area contributed by atoms with Crippen LogP contribution in [-0.4, -0.2) is 29.1 Å². The number of fused-ring (bicyclic) bond motifs is 1. The molecule has 4 rings (SSSR count). The summed E-state index contributed by atoms with van der Waals surface area (Å²) in [6, 6.07) is 18.4. The second-order valence-corrected chi connectivity index (χ2v) is 7.41. The van der Waals surface area contributed by atoms with E-state index in [0.29, 0.717) is 11.8 Å². The largest absolute Gasteiger partial charge is 0.486 e. The van der Waals surface area contributed by atoms with Crippen molar-refractivity contribution in [3.8, 4) is 5.75 Å². The van der Waals surface area contributed by atoms with Gasteiger partial charge in [0.2, 0.25) is 0 Å². The van der Waals surface area contributed by atoms with Gasteiger partial charge in [-0.05, 0) is 47.4 Å². The lowest BCUT2D eigenvalue weighted by molar-refractivity contribution is 0.0596. The van der Waals surface area contributed by atoms with E-state index >= 15 is 0 Å². The molecule has 0 aliphatic carbocycles. The number of carboxylic acid groups (broad SMARTS) is 1. The molecule has 33 heavy (non-hydrogen) atoms. The molecule has 1 aromatic heterocycles. The lowest BCUT2D eigenvalue weighted by Crippen LogP contribution is -2.10. The smallest absolute Gasteiger partial charge is 0.341 e. The Balaban J connectivity index is 1.82. The monoisotopic (exact) mass is 445 g/mol. The lowest BCUT2D eigenvalue weighted by Gasteiger charge is -2.15. The molecule has 166 valence electrons. The van der Waals surface area contributed by atoms with Crippen molar-refractivity contribution in [2.75, 3.05) is 7.11 Å². The van der Waals surface area contributed by atoms with Crippen molar-refractivity contribution in [3.05, 3.63) is 107 Å². The van der Waals surface area contributed by atoms with E-state index in [-0.39, 0.29) is 34.8 Å². The van der Waals surface area contributed by atoms with Crippen molar-refractivity contribution in [2.45, 2.75) is 13.0 Å². The number of carbonyl (C=O) groups is 2. The molecule has 0 atom stereocenters. The van der Waals surface area contributed by atoms with Crippen LogP contribution in [0, 0.1) is 5.82 Å². The maximum Gasteiger partial charge on any atom is 0.341 e. The van der Waals surface area contributed by atoms with Crippen LogP contribution in [0.3, 0.4) is 0 Å². The Morgan fingerprint density at radius 2 is 1.67 bits per heavy atom. The molecule has 0 spiro atoms. The number of pyridine rings is 1. The van der Waals surface area contributed by atoms with E-state index in [1.165, 1.54) is 25.3 Å². The quantitative estimate of drug-likeness (QED) is 0.402. The predicted octanol–water partition coefficient (Wildman–Crippen LogP) is 5.03. The average Bonchev–Trinajstić information content (AvgIpc) is 2.83. The highest BCUT2D eigenvalue weighted by Crippen LogP contribution is 2.33. The van der Waals surface area contributed by atoms with Crippen LogP contribution in [0.2, 0.25) is 0 Å². The van der Waals surface area contributed by atoms with E-state index in [2.05, 4.69) is 4.98 Å². The highest BCUT2D eigenvalue weighted by Gasteiger charge is 2.23. The van der Waals surface area contributed by atoms with Crippen molar-refractivity contribution in [2.24, 2.45) is 0 Å². The Morgan fingerprint density at radius 3 is 2.33 bits per heavy atom. The minimum Gasteiger partial charge on any atom is -0.486 e. The van der Waals surface area contributed by atoms with Gasteiger partial charge in [-0.1, -0.05) is 42.5 Å². The summed E-state index contributed by atoms with van der Waals surface area (Å²) < 4.78 is 24.0. The number of carboxylic acids is 1. The Bertz CT molecular complexity index is 1320. The summed E-state index contributed by atoms with van der Waals surface area (Å²) in [6.45, 7) is 0.158. The Kier molecular flexibility index (Phi) is 6.31. The molecular weight excluding hydrogens is 425 g/mol. The van der Waals surface area contributed by atoms with Crippen LogP contribution < -0.4 is 4.74 Å². The second kappa shape index (κ2) is 9.48. The molecule has 7 heteroatoms. The third-order valence-corrected chi connectivity index (χ3v) is 5.17. The predicted molar refractivity (Wildman–Crippen MR) is 120 cm³/mol. The molecule has 1 N–H and O–H groups in total. The first-order valence-corrected chi connectivity index (χ1v) is 10.1. The molecule has 0 bridgehead atoms. The highest BCUT2D eigenvalue weighted by atomic mass is 19.1. The summed E-state index contributed by atoms with van der Waals surface area (Å²) >= 11 is 0. The van der Waals surface area contributed by atoms with Crippen molar-refractivity contribution < 1.29 is 28.6 Å². The van der Waals surface area contributed by atoms with Gasteiger partial charge in [0.1, 0.15) is 23.5 Å². The summed E-state index contributed by atoms with van der Waals surface area (Å²) in [5.41, 5.74) is 2.59. The molecule has 0 aliphatic heterocycles. The van der Waals surface area contributed by atoms with Gasteiger partial charge in [-0.2, -0.15) is 0 Å². The first kappa shape index (κ1) is 22.0. The molecule has 0 unspecified atom stereocenters. The number of hydrogen-bond donors (Lipinski definition) is 1. The number of benzene rings is 3. The molecule has 3 aromatic carbocycles. The standard InChI is InChI=1S/C26H20FNO5/c1-32-26(31)22-13-21(25(29)30)20-12-18(11-16-7-9-19(27)10-8-16)14-28-23(20)24(22)33-15-17-5-3-2-4-6-17/h2-10,12-14H,11,15H2,1H3,(H,29,30). The van der Waals surface area contributed by atoms with Crippen LogP contribution >= 0.6 is 0 Å². The topological polar surface area (TPSA) is 85.7 Å². The molecule has 0 radical (unpaired) electrons. The van der Waals surface area contributed by atoms with Crippen molar-refractivity contribution in [1.29, 1.82) is 0 Å². The van der Waals surface area contributed by atoms with E-state index in [9.17, 15) is 19.1 Å². The van der Waals surface area contributed by atoms with Gasteiger partial charge < -0.3 is 14.6 Å². The molecule has 0 saturated carbocycles. The number of methoxy groups -OCH3 is 1. The van der Waals surface area contributed by atoms with Gasteiger partial charge in [-0.3, -0.25) is 4.98 Å². The van der Waals surface area contributed by atoms with E-state index in [1.54, 1.807) is 24.4 Å².